The van der Waals surface area contributed by atoms with Crippen LogP contribution in [0.3, 0.4) is 0 Å². The number of nitrogens with zero attached hydrogens (tertiary/aromatic N) is 5. The molecule has 2 saturated heterocycles. The van der Waals surface area contributed by atoms with Crippen LogP contribution >= 0.6 is 0 Å². The maximum atomic E-state index is 13.9. The van der Waals surface area contributed by atoms with E-state index < -0.39 is 42.0 Å². The van der Waals surface area contributed by atoms with Crippen LogP contribution in [0.5, 0.6) is 28.7 Å². The molecule has 0 spiro atoms. The number of carbonyl (C=O) groups is 7. The van der Waals surface area contributed by atoms with Gasteiger partial charge in [-0.1, -0.05) is 52.8 Å². The lowest BCUT2D eigenvalue weighted by Gasteiger charge is -2.29. The number of aliphatic imine (C=N–C) groups is 1. The number of carbonyl (C=O) groups excluding carboxylic acids is 7. The molecular formula is C59H78N10O12. The molecule has 0 aliphatic carbocycles. The number of ether oxygens (including phenoxy) is 5. The number of nitrogens with one attached hydrogen (secondary N) is 4. The number of methoxy groups -OCH3 is 3. The number of rotatable bonds is 29. The van der Waals surface area contributed by atoms with E-state index in [0.717, 1.165) is 29.7 Å². The van der Waals surface area contributed by atoms with Gasteiger partial charge in [0, 0.05) is 56.4 Å². The number of hydrazine groups is 1. The summed E-state index contributed by atoms with van der Waals surface area (Å²) in [5.74, 6) is 5.48. The molecule has 436 valence electrons. The van der Waals surface area contributed by atoms with Crippen molar-refractivity contribution in [3.63, 3.8) is 0 Å². The molecule has 3 unspecified atom stereocenters. The molecule has 0 radical (unpaired) electrons. The third kappa shape index (κ3) is 14.1. The molecule has 0 saturated carbocycles. The predicted octanol–water partition coefficient (Wildman–Crippen LogP) is 5.75. The van der Waals surface area contributed by atoms with Crippen molar-refractivity contribution < 1.29 is 57.2 Å². The summed E-state index contributed by atoms with van der Waals surface area (Å²) in [5.41, 5.74) is 3.52. The van der Waals surface area contributed by atoms with E-state index in [9.17, 15) is 33.6 Å². The van der Waals surface area contributed by atoms with Crippen molar-refractivity contribution in [3.05, 3.63) is 84.2 Å². The van der Waals surface area contributed by atoms with E-state index in [4.69, 9.17) is 34.5 Å². The van der Waals surface area contributed by atoms with Crippen molar-refractivity contribution >= 4 is 64.5 Å². The summed E-state index contributed by atoms with van der Waals surface area (Å²) >= 11 is 0. The Morgan fingerprint density at radius 2 is 1.52 bits per heavy atom. The van der Waals surface area contributed by atoms with E-state index in [0.29, 0.717) is 66.3 Å². The topological polar surface area (TPSA) is 265 Å². The summed E-state index contributed by atoms with van der Waals surface area (Å²) in [6.07, 6.45) is 8.61. The molecular weight excluding hydrogens is 1040 g/mol. The second kappa shape index (κ2) is 27.5. The summed E-state index contributed by atoms with van der Waals surface area (Å²) in [7, 11) is 4.58. The molecule has 6 atom stereocenters. The molecule has 3 aromatic carbocycles. The maximum Gasteiger partial charge on any atom is 0.260 e. The number of imide groups is 1. The molecule has 4 aliphatic rings. The van der Waals surface area contributed by atoms with E-state index in [1.165, 1.54) is 30.3 Å². The molecule has 2 fully saturated rings. The number of unbranched alkanes of at least 4 members (excludes halogenated alkanes) is 2. The zero-order valence-corrected chi connectivity index (χ0v) is 47.9. The maximum absolute atomic E-state index is 13.9. The fourth-order valence-corrected chi connectivity index (χ4v) is 10.3. The molecule has 22 nitrogen and oxygen atoms in total. The van der Waals surface area contributed by atoms with Crippen molar-refractivity contribution in [2.45, 2.75) is 142 Å². The minimum atomic E-state index is -1.00. The summed E-state index contributed by atoms with van der Waals surface area (Å²) < 4.78 is 29.1. The van der Waals surface area contributed by atoms with Gasteiger partial charge in [0.2, 0.25) is 29.5 Å². The molecule has 7 amide bonds. The number of benzene rings is 3. The first kappa shape index (κ1) is 60.7. The van der Waals surface area contributed by atoms with Gasteiger partial charge in [0.15, 0.2) is 23.0 Å². The molecule has 0 aromatic heterocycles. The number of hydrogen-bond donors (Lipinski definition) is 5. The Labute approximate surface area is 473 Å². The van der Waals surface area contributed by atoms with Gasteiger partial charge in [-0.05, 0) is 87.1 Å². The molecule has 81 heavy (non-hydrogen) atoms. The Hall–Kier alpha value is -7.98. The molecule has 4 heterocycles. The summed E-state index contributed by atoms with van der Waals surface area (Å²) in [4.78, 5) is 103. The first-order valence-corrected chi connectivity index (χ1v) is 27.8. The van der Waals surface area contributed by atoms with Crippen LogP contribution in [0.4, 0.5) is 11.4 Å². The van der Waals surface area contributed by atoms with Gasteiger partial charge in [0.25, 0.3) is 11.8 Å². The van der Waals surface area contributed by atoms with E-state index in [2.05, 4.69) is 27.8 Å². The van der Waals surface area contributed by atoms with Crippen molar-refractivity contribution in [2.75, 3.05) is 46.0 Å². The highest BCUT2D eigenvalue weighted by Crippen LogP contribution is 2.43. The molecule has 7 rings (SSSR count). The van der Waals surface area contributed by atoms with Crippen LogP contribution in [0.15, 0.2) is 72.5 Å². The van der Waals surface area contributed by atoms with Crippen LogP contribution in [0, 0.1) is 5.92 Å². The first-order chi connectivity index (χ1) is 38.9. The van der Waals surface area contributed by atoms with E-state index in [1.54, 1.807) is 63.3 Å². The molecule has 4 aliphatic heterocycles. The molecule has 22 heteroatoms. The third-order valence-corrected chi connectivity index (χ3v) is 15.2. The van der Waals surface area contributed by atoms with Gasteiger partial charge >= 0.3 is 0 Å². The highest BCUT2D eigenvalue weighted by atomic mass is 16.5. The lowest BCUT2D eigenvalue weighted by molar-refractivity contribution is -0.140. The number of hydrogen-bond acceptors (Lipinski definition) is 16. The second-order valence-electron chi connectivity index (χ2n) is 20.9. The molecule has 6 N–H and O–H groups in total. The molecule has 3 aromatic rings. The zero-order chi connectivity index (χ0) is 58.7. The van der Waals surface area contributed by atoms with Crippen molar-refractivity contribution in [2.24, 2.45) is 16.8 Å². The van der Waals surface area contributed by atoms with Crippen LogP contribution in [-0.4, -0.2) is 146 Å². The van der Waals surface area contributed by atoms with Crippen molar-refractivity contribution in [1.82, 2.24) is 36.1 Å². The van der Waals surface area contributed by atoms with Gasteiger partial charge in [-0.3, -0.25) is 49.3 Å². The smallest absolute Gasteiger partial charge is 0.260 e. The van der Waals surface area contributed by atoms with Crippen molar-refractivity contribution in [1.29, 1.82) is 0 Å². The largest absolute Gasteiger partial charge is 0.497 e. The second-order valence-corrected chi connectivity index (χ2v) is 20.9. The Morgan fingerprint density at radius 3 is 2.16 bits per heavy atom. The van der Waals surface area contributed by atoms with Crippen LogP contribution in [0.1, 0.15) is 126 Å². The fraction of sp³-hybridized carbons (Fsp3) is 0.492. The minimum absolute atomic E-state index is 0.00157. The normalized spacial score (nSPS) is 18.9. The highest BCUT2D eigenvalue weighted by molar-refractivity contribution is 6.06. The number of fused-ring (bicyclic) bond motifs is 2. The third-order valence-electron chi connectivity index (χ3n) is 15.2. The number of amides is 7. The zero-order valence-electron chi connectivity index (χ0n) is 47.9. The van der Waals surface area contributed by atoms with Crippen LogP contribution in [0.25, 0.3) is 5.57 Å². The SMILES string of the molecule is C=CNC(=O)c1cc(OC)c(OCCCOc2cc3c(cc2OC)C(=O)N2C=C(c4ccc(OC)cc4)CC2C=N3)cc1N1C(NC(=O)[C@H](C)NC(=O)[C@@H](NC(=O)CCCCCN2C(=O)CC(N(N)C(CC)CC)C2=O)C(C)C)[C@H]1C. The molecule has 0 bridgehead atoms. The Bertz CT molecular complexity index is 2890. The Morgan fingerprint density at radius 1 is 0.840 bits per heavy atom. The summed E-state index contributed by atoms with van der Waals surface area (Å²) in [6.45, 7) is 15.2. The minimum Gasteiger partial charge on any atom is -0.497 e. The van der Waals surface area contributed by atoms with Gasteiger partial charge in [-0.15, -0.1) is 0 Å². The predicted molar refractivity (Wildman–Crippen MR) is 305 cm³/mol. The average molecular weight is 1120 g/mol. The van der Waals surface area contributed by atoms with Crippen LogP contribution in [-0.2, 0) is 24.0 Å². The van der Waals surface area contributed by atoms with Gasteiger partial charge in [0.05, 0.1) is 75.5 Å². The van der Waals surface area contributed by atoms with E-state index in [-0.39, 0.29) is 91.6 Å². The lowest BCUT2D eigenvalue weighted by atomic mass is 10.0. The average Bonchev–Trinajstić information content (AvgIpc) is 3.25. The number of likely N-dealkylation sites (tertiary alicyclic amines) is 1. The lowest BCUT2D eigenvalue weighted by Crippen LogP contribution is -2.55. The summed E-state index contributed by atoms with van der Waals surface area (Å²) in [6, 6.07) is 11.1. The fourth-order valence-electron chi connectivity index (χ4n) is 10.3. The Kier molecular flexibility index (Phi) is 20.6. The van der Waals surface area contributed by atoms with Gasteiger partial charge in [-0.25, -0.2) is 5.01 Å². The van der Waals surface area contributed by atoms with Gasteiger partial charge in [-0.2, -0.15) is 0 Å². The standard InChI is InChI=1S/C59H78N10O12/c1-11-39(12-2)69(60)46-31-52(71)66(59(46)76)23-16-14-15-18-51(70)64-53(34(4)5)57(74)63-35(6)55(72)65-54-36(7)68(54)45-30-50(48(79-10)28-43(45)56(73)61-13-3)81-25-17-24-80-49-29-44-42(27-47(49)78-9)58(75)67-33-38(26-40(67)32-62-44)37-19-21-41(77-8)22-20-37/h13,19-22,27-30,32-36,39-40,46,53-54H,3,11-12,14-18,23-26,31,60H2,1-2,4-10H3,(H,61,73)(H,63,74)(H,64,70)(H,65,72)/t35-,36+,40?,46?,53-,54?,68?/m0/s1. The quantitative estimate of drug-likeness (QED) is 0.0182. The van der Waals surface area contributed by atoms with Crippen LogP contribution < -0.4 is 55.7 Å². The first-order valence-electron chi connectivity index (χ1n) is 27.8. The van der Waals surface area contributed by atoms with Crippen molar-refractivity contribution in [3.8, 4) is 28.7 Å². The van der Waals surface area contributed by atoms with Gasteiger partial charge < -0.3 is 54.8 Å². The number of anilines is 1. The number of nitrogens with two attached hydrogens (primary N) is 1. The summed E-state index contributed by atoms with van der Waals surface area (Å²) in [5, 5.41) is 12.7. The Balaban J connectivity index is 0.902. The van der Waals surface area contributed by atoms with Crippen LogP contribution in [0.2, 0.25) is 0 Å². The van der Waals surface area contributed by atoms with Gasteiger partial charge in [0.1, 0.15) is 30.0 Å². The van der Waals surface area contributed by atoms with E-state index in [1.807, 2.05) is 56.1 Å². The monoisotopic (exact) mass is 1120 g/mol. The highest BCUT2D eigenvalue weighted by Gasteiger charge is 2.48. The van der Waals surface area contributed by atoms with E-state index >= 15 is 0 Å².